The van der Waals surface area contributed by atoms with Crippen molar-refractivity contribution in [2.45, 2.75) is 40.0 Å². The maximum atomic E-state index is 6.05. The lowest BCUT2D eigenvalue weighted by Crippen LogP contribution is -2.61. The van der Waals surface area contributed by atoms with E-state index in [2.05, 4.69) is 0 Å². The lowest BCUT2D eigenvalue weighted by molar-refractivity contribution is 0.0931. The molecule has 2 atom stereocenters. The molecule has 18 heavy (non-hydrogen) atoms. The van der Waals surface area contributed by atoms with Crippen LogP contribution in [0.15, 0.2) is 0 Å². The van der Waals surface area contributed by atoms with Crippen molar-refractivity contribution in [3.05, 3.63) is 0 Å². The van der Waals surface area contributed by atoms with Gasteiger partial charge in [-0.2, -0.15) is 0 Å². The Morgan fingerprint density at radius 3 is 1.61 bits per heavy atom. The van der Waals surface area contributed by atoms with Gasteiger partial charge in [0.2, 0.25) is 0 Å². The summed E-state index contributed by atoms with van der Waals surface area (Å²) >= 11 is 0. The van der Waals surface area contributed by atoms with Crippen molar-refractivity contribution in [3.8, 4) is 0 Å². The van der Waals surface area contributed by atoms with Gasteiger partial charge in [0, 0.05) is 26.3 Å². The van der Waals surface area contributed by atoms with Gasteiger partial charge in [-0.15, -0.1) is 0 Å². The minimum absolute atomic E-state index is 0.540. The third kappa shape index (κ3) is 4.95. The molecule has 10 heteroatoms. The van der Waals surface area contributed by atoms with Gasteiger partial charge in [0.1, 0.15) is 0 Å². The lowest BCUT2D eigenvalue weighted by atomic mass is 10.9. The van der Waals surface area contributed by atoms with Gasteiger partial charge in [0.25, 0.3) is 0 Å². The average Bonchev–Trinajstić information content (AvgIpc) is 2.13. The van der Waals surface area contributed by atoms with Crippen LogP contribution in [0, 0.1) is 0 Å². The summed E-state index contributed by atoms with van der Waals surface area (Å²) in [6, 6.07) is 0. The lowest BCUT2D eigenvalue weighted by Gasteiger charge is -2.39. The second-order valence-electron chi connectivity index (χ2n) is 3.98. The molecular formula is C8H22O6Si4. The van der Waals surface area contributed by atoms with Crippen molar-refractivity contribution >= 4 is 36.2 Å². The van der Waals surface area contributed by atoms with Crippen molar-refractivity contribution in [3.63, 3.8) is 0 Å². The normalized spacial score (nSPS) is 36.3. The molecule has 0 aromatic rings. The molecule has 1 saturated heterocycles. The molecule has 1 rings (SSSR count). The first-order valence-corrected chi connectivity index (χ1v) is 14.1. The van der Waals surface area contributed by atoms with Crippen LogP contribution in [0.2, 0.25) is 26.2 Å². The first kappa shape index (κ1) is 16.7. The van der Waals surface area contributed by atoms with E-state index < -0.39 is 36.2 Å². The molecule has 0 N–H and O–H groups in total. The van der Waals surface area contributed by atoms with Gasteiger partial charge in [0.05, 0.1) is 0 Å². The van der Waals surface area contributed by atoms with Crippen LogP contribution in [-0.2, 0) is 25.3 Å². The van der Waals surface area contributed by atoms with E-state index in [1.54, 1.807) is 0 Å². The Bertz CT molecular complexity index is 248. The maximum absolute atomic E-state index is 6.05. The molecule has 6 nitrogen and oxygen atoms in total. The molecule has 106 valence electrons. The molecule has 0 saturated carbocycles. The van der Waals surface area contributed by atoms with Gasteiger partial charge in [-0.1, -0.05) is 0 Å². The van der Waals surface area contributed by atoms with Crippen LogP contribution >= 0.6 is 0 Å². The van der Waals surface area contributed by atoms with Crippen molar-refractivity contribution in [1.29, 1.82) is 0 Å². The smallest absolute Gasteiger partial charge is 0.414 e. The summed E-state index contributed by atoms with van der Waals surface area (Å²) in [6.45, 7) is 12.5. The van der Waals surface area contributed by atoms with Crippen LogP contribution in [-0.4, -0.2) is 49.4 Å². The van der Waals surface area contributed by atoms with Crippen molar-refractivity contribution in [2.24, 2.45) is 0 Å². The molecule has 1 aliphatic rings. The zero-order valence-electron chi connectivity index (χ0n) is 11.9. The van der Waals surface area contributed by atoms with E-state index in [0.717, 1.165) is 0 Å². The van der Waals surface area contributed by atoms with Crippen molar-refractivity contribution in [1.82, 2.24) is 0 Å². The van der Waals surface area contributed by atoms with Gasteiger partial charge in [-0.25, -0.2) is 0 Å². The number of hydrogen-bond donors (Lipinski definition) is 0. The van der Waals surface area contributed by atoms with E-state index in [0.29, 0.717) is 13.2 Å². The molecular weight excluding hydrogens is 304 g/mol. The quantitative estimate of drug-likeness (QED) is 0.730. The fraction of sp³-hybridized carbons (Fsp3) is 1.00. The second kappa shape index (κ2) is 6.87. The maximum Gasteiger partial charge on any atom is 0.481 e. The summed E-state index contributed by atoms with van der Waals surface area (Å²) in [5, 5.41) is 0. The van der Waals surface area contributed by atoms with E-state index in [4.69, 9.17) is 25.3 Å². The Labute approximate surface area is 115 Å². The molecule has 1 fully saturated rings. The predicted octanol–water partition coefficient (Wildman–Crippen LogP) is 1.51. The Morgan fingerprint density at radius 1 is 0.889 bits per heavy atom. The molecule has 1 aliphatic heterocycles. The van der Waals surface area contributed by atoms with E-state index >= 15 is 0 Å². The van der Waals surface area contributed by atoms with Gasteiger partial charge >= 0.3 is 36.2 Å². The largest absolute Gasteiger partial charge is 0.481 e. The Hall–Kier alpha value is 0.628. The minimum Gasteiger partial charge on any atom is -0.414 e. The molecule has 1 heterocycles. The highest BCUT2D eigenvalue weighted by atomic mass is 28.5. The third-order valence-corrected chi connectivity index (χ3v) is 14.3. The molecule has 0 aliphatic carbocycles. The zero-order valence-corrected chi connectivity index (χ0v) is 15.9. The Kier molecular flexibility index (Phi) is 6.37. The summed E-state index contributed by atoms with van der Waals surface area (Å²) in [6.07, 6.45) is 0. The standard InChI is InChI=1S/C8H22O6Si4/c1-7-9-17(5)12-15(3)11-16(4)13-18(6,14-17)10-8-2/h7-8H2,1-6H3. The Morgan fingerprint density at radius 2 is 1.28 bits per heavy atom. The van der Waals surface area contributed by atoms with Crippen LogP contribution in [0.5, 0.6) is 0 Å². The molecule has 0 aromatic heterocycles. The van der Waals surface area contributed by atoms with E-state index in [9.17, 15) is 0 Å². The van der Waals surface area contributed by atoms with E-state index in [1.165, 1.54) is 0 Å². The summed E-state index contributed by atoms with van der Waals surface area (Å²) < 4.78 is 35.0. The minimum atomic E-state index is -2.74. The monoisotopic (exact) mass is 326 g/mol. The summed E-state index contributed by atoms with van der Waals surface area (Å²) in [7, 11) is -8.26. The summed E-state index contributed by atoms with van der Waals surface area (Å²) in [5.41, 5.74) is 0. The second-order valence-corrected chi connectivity index (χ2v) is 13.2. The third-order valence-electron chi connectivity index (χ3n) is 2.13. The van der Waals surface area contributed by atoms with Crippen LogP contribution < -0.4 is 0 Å². The highest BCUT2D eigenvalue weighted by Crippen LogP contribution is 2.24. The molecule has 0 spiro atoms. The van der Waals surface area contributed by atoms with Gasteiger partial charge in [-0.3, -0.25) is 0 Å². The molecule has 2 radical (unpaired) electrons. The molecule has 0 amide bonds. The summed E-state index contributed by atoms with van der Waals surface area (Å²) in [5.74, 6) is 0. The van der Waals surface area contributed by atoms with E-state index in [-0.39, 0.29) is 0 Å². The first-order chi connectivity index (χ1) is 8.32. The predicted molar refractivity (Wildman–Crippen MR) is 74.1 cm³/mol. The number of hydrogen-bond acceptors (Lipinski definition) is 6. The van der Waals surface area contributed by atoms with Gasteiger partial charge < -0.3 is 25.3 Å². The highest BCUT2D eigenvalue weighted by Gasteiger charge is 2.51. The zero-order chi connectivity index (χ0) is 13.8. The molecule has 0 bridgehead atoms. The summed E-state index contributed by atoms with van der Waals surface area (Å²) in [4.78, 5) is 0. The highest BCUT2D eigenvalue weighted by molar-refractivity contribution is 6.82. The van der Waals surface area contributed by atoms with Crippen LogP contribution in [0.1, 0.15) is 13.8 Å². The van der Waals surface area contributed by atoms with Crippen LogP contribution in [0.3, 0.4) is 0 Å². The number of rotatable bonds is 4. The van der Waals surface area contributed by atoms with Crippen molar-refractivity contribution < 1.29 is 25.3 Å². The van der Waals surface area contributed by atoms with Crippen LogP contribution in [0.25, 0.3) is 0 Å². The van der Waals surface area contributed by atoms with E-state index in [1.807, 2.05) is 40.0 Å². The van der Waals surface area contributed by atoms with Gasteiger partial charge in [0.15, 0.2) is 0 Å². The van der Waals surface area contributed by atoms with Crippen LogP contribution in [0.4, 0.5) is 0 Å². The fourth-order valence-electron chi connectivity index (χ4n) is 1.79. The molecule has 0 aromatic carbocycles. The SMILES string of the molecule is CCO[Si]1(C)O[Si](C)O[Si](C)O[Si](C)(OCC)O1. The first-order valence-electron chi connectivity index (χ1n) is 6.03. The van der Waals surface area contributed by atoms with Gasteiger partial charge in [-0.05, 0) is 26.9 Å². The molecule has 2 unspecified atom stereocenters. The average molecular weight is 327 g/mol. The fourth-order valence-corrected chi connectivity index (χ4v) is 14.4. The Balaban J connectivity index is 2.86. The topological polar surface area (TPSA) is 55.4 Å². The van der Waals surface area contributed by atoms with Crippen molar-refractivity contribution in [2.75, 3.05) is 13.2 Å².